The standard InChI is InChI=1S/C14H17F3O/c1-2-3-11-18-13-8-6-12(7-9-13)5-4-10-14(15,16)17/h4-9H,2-3,10-11H2,1H3. The molecule has 0 aliphatic rings. The largest absolute Gasteiger partial charge is 0.494 e. The molecule has 0 atom stereocenters. The third-order valence-corrected chi connectivity index (χ3v) is 2.31. The van der Waals surface area contributed by atoms with Crippen LogP contribution in [0.3, 0.4) is 0 Å². The monoisotopic (exact) mass is 258 g/mol. The van der Waals surface area contributed by atoms with Gasteiger partial charge in [0.25, 0.3) is 0 Å². The first-order valence-corrected chi connectivity index (χ1v) is 5.97. The van der Waals surface area contributed by atoms with E-state index in [-0.39, 0.29) is 0 Å². The van der Waals surface area contributed by atoms with E-state index in [0.717, 1.165) is 30.2 Å². The van der Waals surface area contributed by atoms with Gasteiger partial charge in [0.1, 0.15) is 5.75 Å². The molecule has 1 rings (SSSR count). The highest BCUT2D eigenvalue weighted by atomic mass is 19.4. The summed E-state index contributed by atoms with van der Waals surface area (Å²) in [7, 11) is 0. The summed E-state index contributed by atoms with van der Waals surface area (Å²) in [5, 5.41) is 0. The quantitative estimate of drug-likeness (QED) is 0.664. The SMILES string of the molecule is CCCCOc1ccc(C=CCC(F)(F)F)cc1. The number of ether oxygens (including phenoxy) is 1. The normalized spacial score (nSPS) is 12.0. The molecule has 100 valence electrons. The molecule has 4 heteroatoms. The minimum atomic E-state index is -4.14. The zero-order valence-electron chi connectivity index (χ0n) is 10.3. The first kappa shape index (κ1) is 14.6. The van der Waals surface area contributed by atoms with Crippen LogP contribution in [0, 0.1) is 0 Å². The molecule has 0 radical (unpaired) electrons. The van der Waals surface area contributed by atoms with Crippen molar-refractivity contribution in [2.45, 2.75) is 32.4 Å². The number of hydrogen-bond acceptors (Lipinski definition) is 1. The minimum absolute atomic E-state index is 0.666. The maximum absolute atomic E-state index is 11.9. The number of rotatable bonds is 6. The average Bonchev–Trinajstić information content (AvgIpc) is 2.30. The van der Waals surface area contributed by atoms with Crippen LogP contribution in [-0.2, 0) is 0 Å². The molecule has 0 bridgehead atoms. The number of unbranched alkanes of at least 4 members (excludes halogenated alkanes) is 1. The maximum atomic E-state index is 11.9. The molecular formula is C14H17F3O. The highest BCUT2D eigenvalue weighted by molar-refractivity contribution is 5.50. The Bertz CT molecular complexity index is 366. The molecule has 0 aliphatic heterocycles. The summed E-state index contributed by atoms with van der Waals surface area (Å²) in [5.74, 6) is 0.747. The van der Waals surface area contributed by atoms with E-state index in [1.807, 2.05) is 0 Å². The van der Waals surface area contributed by atoms with Gasteiger partial charge < -0.3 is 4.74 Å². The summed E-state index contributed by atoms with van der Waals surface area (Å²) in [6.45, 7) is 2.75. The Labute approximate surface area is 105 Å². The molecule has 0 aliphatic carbocycles. The van der Waals surface area contributed by atoms with Gasteiger partial charge in [0.15, 0.2) is 0 Å². The molecule has 1 nitrogen and oxygen atoms in total. The molecule has 0 aromatic heterocycles. The lowest BCUT2D eigenvalue weighted by atomic mass is 10.2. The van der Waals surface area contributed by atoms with Crippen LogP contribution in [0.2, 0.25) is 0 Å². The van der Waals surface area contributed by atoms with Gasteiger partial charge in [0.05, 0.1) is 13.0 Å². The van der Waals surface area contributed by atoms with Crippen molar-refractivity contribution in [2.75, 3.05) is 6.61 Å². The third kappa shape index (κ3) is 6.33. The Morgan fingerprint density at radius 1 is 1.17 bits per heavy atom. The molecule has 0 amide bonds. The highest BCUT2D eigenvalue weighted by Gasteiger charge is 2.24. The van der Waals surface area contributed by atoms with E-state index in [4.69, 9.17) is 4.74 Å². The van der Waals surface area contributed by atoms with E-state index in [1.165, 1.54) is 6.08 Å². The molecule has 0 N–H and O–H groups in total. The molecule has 0 saturated heterocycles. The molecule has 0 fully saturated rings. The highest BCUT2D eigenvalue weighted by Crippen LogP contribution is 2.21. The zero-order valence-corrected chi connectivity index (χ0v) is 10.3. The lowest BCUT2D eigenvalue weighted by Gasteiger charge is -2.05. The topological polar surface area (TPSA) is 9.23 Å². The fourth-order valence-electron chi connectivity index (χ4n) is 1.34. The van der Waals surface area contributed by atoms with Crippen molar-refractivity contribution in [1.29, 1.82) is 0 Å². The fourth-order valence-corrected chi connectivity index (χ4v) is 1.34. The van der Waals surface area contributed by atoms with Crippen LogP contribution < -0.4 is 4.74 Å². The number of benzene rings is 1. The number of alkyl halides is 3. The van der Waals surface area contributed by atoms with E-state index >= 15 is 0 Å². The number of halogens is 3. The van der Waals surface area contributed by atoms with E-state index in [0.29, 0.717) is 6.61 Å². The Morgan fingerprint density at radius 2 is 1.83 bits per heavy atom. The van der Waals surface area contributed by atoms with Gasteiger partial charge in [-0.2, -0.15) is 13.2 Å². The Balaban J connectivity index is 2.45. The van der Waals surface area contributed by atoms with Gasteiger partial charge >= 0.3 is 6.18 Å². The van der Waals surface area contributed by atoms with E-state index < -0.39 is 12.6 Å². The zero-order chi connectivity index (χ0) is 13.4. The summed E-state index contributed by atoms with van der Waals surface area (Å²) >= 11 is 0. The van der Waals surface area contributed by atoms with Crippen molar-refractivity contribution in [3.05, 3.63) is 35.9 Å². The molecule has 0 heterocycles. The first-order chi connectivity index (χ1) is 8.51. The summed E-state index contributed by atoms with van der Waals surface area (Å²) in [6.07, 6.45) is -0.400. The van der Waals surface area contributed by atoms with Gasteiger partial charge in [-0.1, -0.05) is 37.6 Å². The van der Waals surface area contributed by atoms with E-state index in [1.54, 1.807) is 24.3 Å². The van der Waals surface area contributed by atoms with Crippen molar-refractivity contribution in [3.8, 4) is 5.75 Å². The first-order valence-electron chi connectivity index (χ1n) is 5.97. The predicted molar refractivity (Wildman–Crippen MR) is 66.6 cm³/mol. The third-order valence-electron chi connectivity index (χ3n) is 2.31. The van der Waals surface area contributed by atoms with Crippen LogP contribution >= 0.6 is 0 Å². The Hall–Kier alpha value is -1.45. The lowest BCUT2D eigenvalue weighted by molar-refractivity contribution is -0.124. The fraction of sp³-hybridized carbons (Fsp3) is 0.429. The van der Waals surface area contributed by atoms with Gasteiger partial charge in [-0.3, -0.25) is 0 Å². The second-order valence-corrected chi connectivity index (χ2v) is 3.99. The van der Waals surface area contributed by atoms with Crippen molar-refractivity contribution in [3.63, 3.8) is 0 Å². The van der Waals surface area contributed by atoms with Gasteiger partial charge in [-0.15, -0.1) is 0 Å². The van der Waals surface area contributed by atoms with Crippen LogP contribution in [0.15, 0.2) is 30.3 Å². The van der Waals surface area contributed by atoms with Crippen molar-refractivity contribution in [2.24, 2.45) is 0 Å². The molecule has 1 aromatic rings. The van der Waals surface area contributed by atoms with Gasteiger partial charge in [0.2, 0.25) is 0 Å². The van der Waals surface area contributed by atoms with E-state index in [9.17, 15) is 13.2 Å². The second kappa shape index (κ2) is 7.09. The van der Waals surface area contributed by atoms with Crippen LogP contribution in [0.4, 0.5) is 13.2 Å². The minimum Gasteiger partial charge on any atom is -0.494 e. The Morgan fingerprint density at radius 3 is 2.39 bits per heavy atom. The van der Waals surface area contributed by atoms with Crippen LogP contribution in [0.1, 0.15) is 31.7 Å². The van der Waals surface area contributed by atoms with Crippen molar-refractivity contribution >= 4 is 6.08 Å². The summed E-state index contributed by atoms with van der Waals surface area (Å²) in [5.41, 5.74) is 0.738. The number of allylic oxidation sites excluding steroid dienone is 1. The number of hydrogen-bond donors (Lipinski definition) is 0. The van der Waals surface area contributed by atoms with Crippen molar-refractivity contribution < 1.29 is 17.9 Å². The molecule has 0 unspecified atom stereocenters. The van der Waals surface area contributed by atoms with E-state index in [2.05, 4.69) is 6.92 Å². The summed E-state index contributed by atoms with van der Waals surface area (Å²) < 4.78 is 41.2. The second-order valence-electron chi connectivity index (χ2n) is 3.99. The van der Waals surface area contributed by atoms with Crippen LogP contribution in [-0.4, -0.2) is 12.8 Å². The van der Waals surface area contributed by atoms with Gasteiger partial charge in [0, 0.05) is 0 Å². The average molecular weight is 258 g/mol. The van der Waals surface area contributed by atoms with Crippen molar-refractivity contribution in [1.82, 2.24) is 0 Å². The predicted octanol–water partition coefficient (Wildman–Crippen LogP) is 4.83. The summed E-state index contributed by atoms with van der Waals surface area (Å²) in [4.78, 5) is 0. The van der Waals surface area contributed by atoms with Gasteiger partial charge in [-0.25, -0.2) is 0 Å². The van der Waals surface area contributed by atoms with Crippen LogP contribution in [0.25, 0.3) is 6.08 Å². The smallest absolute Gasteiger partial charge is 0.392 e. The maximum Gasteiger partial charge on any atom is 0.392 e. The van der Waals surface area contributed by atoms with Gasteiger partial charge in [-0.05, 0) is 24.1 Å². The molecule has 0 spiro atoms. The lowest BCUT2D eigenvalue weighted by Crippen LogP contribution is -2.03. The Kier molecular flexibility index (Phi) is 5.75. The summed E-state index contributed by atoms with van der Waals surface area (Å²) in [6, 6.07) is 7.02. The molecule has 1 aromatic carbocycles. The molecular weight excluding hydrogens is 241 g/mol. The van der Waals surface area contributed by atoms with Crippen LogP contribution in [0.5, 0.6) is 5.75 Å². The molecule has 18 heavy (non-hydrogen) atoms. The molecule has 0 saturated carbocycles.